The van der Waals surface area contributed by atoms with E-state index in [-0.39, 0.29) is 35.3 Å². The molecule has 0 N–H and O–H groups in total. The van der Waals surface area contributed by atoms with Crippen molar-refractivity contribution in [1.82, 2.24) is 14.5 Å². The number of ether oxygens (including phenoxy) is 1. The fraction of sp³-hybridized carbons (Fsp3) is 0.778. The number of aryl methyl sites for hydroxylation is 1. The molecule has 1 amide bonds. The van der Waals surface area contributed by atoms with Crippen molar-refractivity contribution >= 4 is 27.5 Å². The van der Waals surface area contributed by atoms with E-state index in [4.69, 9.17) is 4.74 Å². The van der Waals surface area contributed by atoms with Gasteiger partial charge in [-0.05, 0) is 40.0 Å². The van der Waals surface area contributed by atoms with Crippen LogP contribution in [0.1, 0.15) is 37.6 Å². The molecule has 2 aliphatic heterocycles. The van der Waals surface area contributed by atoms with E-state index >= 15 is 0 Å². The summed E-state index contributed by atoms with van der Waals surface area (Å²) < 4.78 is 31.4. The Hall–Kier alpha value is -1.06. The quantitative estimate of drug-likeness (QED) is 0.632. The summed E-state index contributed by atoms with van der Waals surface area (Å²) in [5.41, 5.74) is 2.08. The molecule has 9 heteroatoms. The number of carbonyl (C=O) groups excluding carboxylic acids is 1. The Morgan fingerprint density at radius 2 is 2.15 bits per heavy atom. The lowest BCUT2D eigenvalue weighted by molar-refractivity contribution is -0.129. The summed E-state index contributed by atoms with van der Waals surface area (Å²) in [6.45, 7) is 8.04. The van der Waals surface area contributed by atoms with Gasteiger partial charge in [0.05, 0.1) is 35.6 Å². The standard InChI is InChI=1S/C18H29N3O4S2/c1-4-20(15-7-9-27(23,24)12-15)17(22)11-26-18-19-13(2)14(3)21(18)10-16-6-5-8-25-16/h15-16H,4-12H2,1-3H3. The Morgan fingerprint density at radius 1 is 1.37 bits per heavy atom. The summed E-state index contributed by atoms with van der Waals surface area (Å²) in [5.74, 6) is 0.514. The number of sulfone groups is 1. The van der Waals surface area contributed by atoms with E-state index < -0.39 is 9.84 Å². The van der Waals surface area contributed by atoms with E-state index in [1.807, 2.05) is 20.8 Å². The predicted octanol–water partition coefficient (Wildman–Crippen LogP) is 1.81. The van der Waals surface area contributed by atoms with E-state index in [9.17, 15) is 13.2 Å². The Labute approximate surface area is 165 Å². The summed E-state index contributed by atoms with van der Waals surface area (Å²) in [4.78, 5) is 19.1. The number of hydrogen-bond acceptors (Lipinski definition) is 6. The number of imidazole rings is 1. The van der Waals surface area contributed by atoms with Crippen LogP contribution >= 0.6 is 11.8 Å². The molecular formula is C18H29N3O4S2. The van der Waals surface area contributed by atoms with Gasteiger partial charge < -0.3 is 14.2 Å². The molecular weight excluding hydrogens is 386 g/mol. The highest BCUT2D eigenvalue weighted by Gasteiger charge is 2.34. The summed E-state index contributed by atoms with van der Waals surface area (Å²) in [7, 11) is -3.00. The van der Waals surface area contributed by atoms with Crippen LogP contribution in [0.5, 0.6) is 0 Å². The maximum Gasteiger partial charge on any atom is 0.233 e. The summed E-state index contributed by atoms with van der Waals surface area (Å²) in [5, 5.41) is 0.837. The van der Waals surface area contributed by atoms with E-state index in [1.54, 1.807) is 4.90 Å². The second kappa shape index (κ2) is 8.53. The minimum Gasteiger partial charge on any atom is -0.376 e. The van der Waals surface area contributed by atoms with Gasteiger partial charge in [0, 0.05) is 24.9 Å². The molecule has 152 valence electrons. The van der Waals surface area contributed by atoms with Crippen molar-refractivity contribution in [3.8, 4) is 0 Å². The van der Waals surface area contributed by atoms with E-state index in [0.717, 1.165) is 42.5 Å². The first-order chi connectivity index (χ1) is 12.8. The molecule has 1 aromatic heterocycles. The summed E-state index contributed by atoms with van der Waals surface area (Å²) in [6.07, 6.45) is 2.90. The molecule has 1 aromatic rings. The third-order valence-corrected chi connectivity index (χ3v) is 8.18. The lowest BCUT2D eigenvalue weighted by atomic mass is 10.2. The molecule has 0 radical (unpaired) electrons. The normalized spacial score (nSPS) is 24.4. The Morgan fingerprint density at radius 3 is 2.74 bits per heavy atom. The third-order valence-electron chi connectivity index (χ3n) is 5.47. The van der Waals surface area contributed by atoms with Crippen LogP contribution in [0, 0.1) is 13.8 Å². The lowest BCUT2D eigenvalue weighted by Crippen LogP contribution is -2.42. The first-order valence-corrected chi connectivity index (χ1v) is 12.4. The predicted molar refractivity (Wildman–Crippen MR) is 106 cm³/mol. The number of amides is 1. The highest BCUT2D eigenvalue weighted by Crippen LogP contribution is 2.25. The van der Waals surface area contributed by atoms with Crippen molar-refractivity contribution in [3.05, 3.63) is 11.4 Å². The van der Waals surface area contributed by atoms with Crippen molar-refractivity contribution in [1.29, 1.82) is 0 Å². The number of rotatable bonds is 7. The minimum atomic E-state index is -3.00. The van der Waals surface area contributed by atoms with E-state index in [1.165, 1.54) is 11.8 Å². The van der Waals surface area contributed by atoms with Crippen LogP contribution in [0.15, 0.2) is 5.16 Å². The van der Waals surface area contributed by atoms with Gasteiger partial charge in [-0.2, -0.15) is 0 Å². The van der Waals surface area contributed by atoms with Crippen molar-refractivity contribution in [2.45, 2.75) is 63.9 Å². The first-order valence-electron chi connectivity index (χ1n) is 9.58. The van der Waals surface area contributed by atoms with E-state index in [2.05, 4.69) is 9.55 Å². The zero-order chi connectivity index (χ0) is 19.6. The van der Waals surface area contributed by atoms with Gasteiger partial charge in [-0.25, -0.2) is 13.4 Å². The molecule has 0 aliphatic carbocycles. The molecule has 2 aliphatic rings. The van der Waals surface area contributed by atoms with Gasteiger partial charge in [0.2, 0.25) is 5.91 Å². The maximum absolute atomic E-state index is 12.7. The largest absolute Gasteiger partial charge is 0.376 e. The van der Waals surface area contributed by atoms with Gasteiger partial charge in [-0.15, -0.1) is 0 Å². The number of nitrogens with zero attached hydrogens (tertiary/aromatic N) is 3. The highest BCUT2D eigenvalue weighted by atomic mass is 32.2. The van der Waals surface area contributed by atoms with Crippen LogP contribution in [0.25, 0.3) is 0 Å². The highest BCUT2D eigenvalue weighted by molar-refractivity contribution is 7.99. The summed E-state index contributed by atoms with van der Waals surface area (Å²) >= 11 is 1.43. The molecule has 7 nitrogen and oxygen atoms in total. The maximum atomic E-state index is 12.7. The first kappa shape index (κ1) is 20.7. The van der Waals surface area contributed by atoms with Gasteiger partial charge in [0.1, 0.15) is 0 Å². The fourth-order valence-electron chi connectivity index (χ4n) is 3.81. The molecule has 27 heavy (non-hydrogen) atoms. The summed E-state index contributed by atoms with van der Waals surface area (Å²) in [6, 6.07) is -0.191. The fourth-order valence-corrected chi connectivity index (χ4v) is 6.53. The van der Waals surface area contributed by atoms with Crippen molar-refractivity contribution in [2.24, 2.45) is 0 Å². The van der Waals surface area contributed by atoms with Crippen molar-refractivity contribution in [2.75, 3.05) is 30.4 Å². The van der Waals surface area contributed by atoms with Crippen LogP contribution in [0.4, 0.5) is 0 Å². The molecule has 2 unspecified atom stereocenters. The van der Waals surface area contributed by atoms with Crippen LogP contribution < -0.4 is 0 Å². The van der Waals surface area contributed by atoms with Crippen molar-refractivity contribution in [3.63, 3.8) is 0 Å². The number of carbonyl (C=O) groups is 1. The van der Waals surface area contributed by atoms with Gasteiger partial charge >= 0.3 is 0 Å². The Kier molecular flexibility index (Phi) is 6.53. The number of hydrogen-bond donors (Lipinski definition) is 0. The lowest BCUT2D eigenvalue weighted by Gasteiger charge is -2.26. The Balaban J connectivity index is 1.65. The second-order valence-electron chi connectivity index (χ2n) is 7.34. The molecule has 2 atom stereocenters. The molecule has 0 bridgehead atoms. The van der Waals surface area contributed by atoms with Crippen LogP contribution in [-0.2, 0) is 25.9 Å². The molecule has 2 fully saturated rings. The topological polar surface area (TPSA) is 81.5 Å². The Bertz CT molecular complexity index is 785. The number of thioether (sulfide) groups is 1. The average Bonchev–Trinajstić information content (AvgIpc) is 3.31. The van der Waals surface area contributed by atoms with Crippen LogP contribution in [0.3, 0.4) is 0 Å². The SMILES string of the molecule is CCN(C(=O)CSc1nc(C)c(C)n1CC1CCCO1)C1CCS(=O)(=O)C1. The average molecular weight is 416 g/mol. The van der Waals surface area contributed by atoms with Gasteiger partial charge in [0.25, 0.3) is 0 Å². The molecule has 0 aromatic carbocycles. The molecule has 0 spiro atoms. The number of aromatic nitrogens is 2. The van der Waals surface area contributed by atoms with Gasteiger partial charge in [-0.1, -0.05) is 11.8 Å². The van der Waals surface area contributed by atoms with Gasteiger partial charge in [-0.3, -0.25) is 4.79 Å². The second-order valence-corrected chi connectivity index (χ2v) is 10.5. The zero-order valence-corrected chi connectivity index (χ0v) is 17.9. The monoisotopic (exact) mass is 415 g/mol. The van der Waals surface area contributed by atoms with Crippen LogP contribution in [-0.4, -0.2) is 71.3 Å². The zero-order valence-electron chi connectivity index (χ0n) is 16.3. The van der Waals surface area contributed by atoms with Crippen LogP contribution in [0.2, 0.25) is 0 Å². The van der Waals surface area contributed by atoms with Crippen molar-refractivity contribution < 1.29 is 17.9 Å². The van der Waals surface area contributed by atoms with Gasteiger partial charge in [0.15, 0.2) is 15.0 Å². The minimum absolute atomic E-state index is 0.0217. The molecule has 3 rings (SSSR count). The molecule has 0 saturated carbocycles. The molecule has 2 saturated heterocycles. The smallest absolute Gasteiger partial charge is 0.233 e. The molecule has 3 heterocycles. The van der Waals surface area contributed by atoms with E-state index in [0.29, 0.717) is 13.0 Å². The third kappa shape index (κ3) is 4.86.